The quantitative estimate of drug-likeness (QED) is 0.861. The molecule has 104 valence electrons. The van der Waals surface area contributed by atoms with Crippen molar-refractivity contribution in [2.45, 2.75) is 45.3 Å². The Balaban J connectivity index is 2.31. The molecule has 6 heteroatoms. The van der Waals surface area contributed by atoms with E-state index in [4.69, 9.17) is 0 Å². The number of aryl methyl sites for hydroxylation is 1. The first-order chi connectivity index (χ1) is 8.88. The van der Waals surface area contributed by atoms with Crippen molar-refractivity contribution in [1.82, 2.24) is 20.0 Å². The van der Waals surface area contributed by atoms with Gasteiger partial charge in [-0.25, -0.2) is 0 Å². The van der Waals surface area contributed by atoms with E-state index in [0.717, 1.165) is 5.69 Å². The van der Waals surface area contributed by atoms with Gasteiger partial charge in [-0.15, -0.1) is 0 Å². The second-order valence-corrected chi connectivity index (χ2v) is 5.23. The van der Waals surface area contributed by atoms with Gasteiger partial charge in [-0.3, -0.25) is 14.3 Å². The SMILES string of the molecule is CCC1(C)C(=O)NC(C)C(=O)N1Cc1ccn(C)n1. The zero-order valence-electron chi connectivity index (χ0n) is 11.8. The van der Waals surface area contributed by atoms with Gasteiger partial charge in [0.25, 0.3) is 0 Å². The second kappa shape index (κ2) is 4.68. The Morgan fingerprint density at radius 1 is 1.47 bits per heavy atom. The van der Waals surface area contributed by atoms with E-state index < -0.39 is 11.6 Å². The fourth-order valence-corrected chi connectivity index (χ4v) is 2.33. The average Bonchev–Trinajstić information content (AvgIpc) is 2.78. The summed E-state index contributed by atoms with van der Waals surface area (Å²) in [5.74, 6) is -0.160. The number of carbonyl (C=O) groups is 2. The first-order valence-corrected chi connectivity index (χ1v) is 6.49. The van der Waals surface area contributed by atoms with Crippen LogP contribution in [0.25, 0.3) is 0 Å². The van der Waals surface area contributed by atoms with Crippen molar-refractivity contribution in [3.8, 4) is 0 Å². The van der Waals surface area contributed by atoms with Gasteiger partial charge in [-0.1, -0.05) is 6.92 Å². The Kier molecular flexibility index (Phi) is 3.34. The molecule has 1 aromatic heterocycles. The first kappa shape index (κ1) is 13.6. The maximum atomic E-state index is 12.3. The van der Waals surface area contributed by atoms with E-state index in [1.165, 1.54) is 0 Å². The van der Waals surface area contributed by atoms with Gasteiger partial charge in [0.15, 0.2) is 0 Å². The first-order valence-electron chi connectivity index (χ1n) is 6.49. The Bertz CT molecular complexity index is 510. The second-order valence-electron chi connectivity index (χ2n) is 5.23. The Hall–Kier alpha value is -1.85. The molecule has 2 rings (SSSR count). The van der Waals surface area contributed by atoms with Crippen molar-refractivity contribution in [2.24, 2.45) is 7.05 Å². The van der Waals surface area contributed by atoms with Crippen LogP contribution in [0.2, 0.25) is 0 Å². The number of carbonyl (C=O) groups excluding carboxylic acids is 2. The van der Waals surface area contributed by atoms with Crippen LogP contribution in [0, 0.1) is 0 Å². The van der Waals surface area contributed by atoms with Crippen molar-refractivity contribution in [3.05, 3.63) is 18.0 Å². The molecule has 1 N–H and O–H groups in total. The summed E-state index contributed by atoms with van der Waals surface area (Å²) in [5, 5.41) is 7.02. The molecule has 0 aliphatic carbocycles. The van der Waals surface area contributed by atoms with E-state index in [0.29, 0.717) is 13.0 Å². The molecule has 6 nitrogen and oxygen atoms in total. The predicted octanol–water partition coefficient (Wildman–Crippen LogP) is 0.436. The molecule has 1 saturated heterocycles. The van der Waals surface area contributed by atoms with Crippen LogP contribution < -0.4 is 5.32 Å². The van der Waals surface area contributed by atoms with E-state index >= 15 is 0 Å². The molecule has 1 fully saturated rings. The minimum Gasteiger partial charge on any atom is -0.343 e. The number of hydrogen-bond acceptors (Lipinski definition) is 3. The van der Waals surface area contributed by atoms with E-state index in [1.807, 2.05) is 26.2 Å². The molecule has 2 heterocycles. The number of nitrogens with zero attached hydrogens (tertiary/aromatic N) is 3. The van der Waals surface area contributed by atoms with Crippen LogP contribution in [0.4, 0.5) is 0 Å². The van der Waals surface area contributed by atoms with Gasteiger partial charge >= 0.3 is 0 Å². The number of rotatable bonds is 3. The van der Waals surface area contributed by atoms with Crippen LogP contribution >= 0.6 is 0 Å². The third-order valence-corrected chi connectivity index (χ3v) is 3.85. The molecule has 1 aromatic rings. The summed E-state index contributed by atoms with van der Waals surface area (Å²) in [5.41, 5.74) is -0.0152. The van der Waals surface area contributed by atoms with Crippen LogP contribution in [-0.2, 0) is 23.2 Å². The van der Waals surface area contributed by atoms with E-state index in [9.17, 15) is 9.59 Å². The minimum atomic E-state index is -0.804. The topological polar surface area (TPSA) is 67.2 Å². The van der Waals surface area contributed by atoms with E-state index in [1.54, 1.807) is 23.4 Å². The predicted molar refractivity (Wildman–Crippen MR) is 70.1 cm³/mol. The summed E-state index contributed by atoms with van der Waals surface area (Å²) < 4.78 is 1.69. The molecule has 2 atom stereocenters. The molecule has 0 aromatic carbocycles. The van der Waals surface area contributed by atoms with E-state index in [-0.39, 0.29) is 11.8 Å². The van der Waals surface area contributed by atoms with Crippen LogP contribution in [0.5, 0.6) is 0 Å². The molecule has 1 aliphatic heterocycles. The highest BCUT2D eigenvalue weighted by molar-refractivity contribution is 5.99. The number of aromatic nitrogens is 2. The van der Waals surface area contributed by atoms with Crippen LogP contribution in [0.15, 0.2) is 12.3 Å². The number of hydrogen-bond donors (Lipinski definition) is 1. The van der Waals surface area contributed by atoms with Gasteiger partial charge in [-0.2, -0.15) is 5.10 Å². The molecule has 0 saturated carbocycles. The van der Waals surface area contributed by atoms with Crippen LogP contribution in [-0.4, -0.2) is 38.1 Å². The van der Waals surface area contributed by atoms with Crippen molar-refractivity contribution in [2.75, 3.05) is 0 Å². The maximum Gasteiger partial charge on any atom is 0.246 e. The van der Waals surface area contributed by atoms with Gasteiger partial charge in [0.2, 0.25) is 11.8 Å². The summed E-state index contributed by atoms with van der Waals surface area (Å²) in [6.07, 6.45) is 2.40. The highest BCUT2D eigenvalue weighted by Crippen LogP contribution is 2.26. The zero-order chi connectivity index (χ0) is 14.2. The fourth-order valence-electron chi connectivity index (χ4n) is 2.33. The standard InChI is InChI=1S/C13H20N4O2/c1-5-13(3)12(19)14-9(2)11(18)17(13)8-10-6-7-16(4)15-10/h6-7,9H,5,8H2,1-4H3,(H,14,19). The molecule has 19 heavy (non-hydrogen) atoms. The summed E-state index contributed by atoms with van der Waals surface area (Å²) in [6.45, 7) is 5.78. The highest BCUT2D eigenvalue weighted by atomic mass is 16.2. The maximum absolute atomic E-state index is 12.3. The Morgan fingerprint density at radius 3 is 2.68 bits per heavy atom. The van der Waals surface area contributed by atoms with Crippen molar-refractivity contribution < 1.29 is 9.59 Å². The average molecular weight is 264 g/mol. The lowest BCUT2D eigenvalue weighted by Gasteiger charge is -2.45. The molecule has 2 amide bonds. The molecule has 0 radical (unpaired) electrons. The minimum absolute atomic E-state index is 0.0606. The highest BCUT2D eigenvalue weighted by Gasteiger charge is 2.47. The summed E-state index contributed by atoms with van der Waals surface area (Å²) in [7, 11) is 1.83. The Morgan fingerprint density at radius 2 is 2.16 bits per heavy atom. The monoisotopic (exact) mass is 264 g/mol. The Labute approximate surface area is 112 Å². The fraction of sp³-hybridized carbons (Fsp3) is 0.615. The normalized spacial score (nSPS) is 27.6. The van der Waals surface area contributed by atoms with Crippen LogP contribution in [0.3, 0.4) is 0 Å². The number of nitrogens with one attached hydrogen (secondary N) is 1. The number of amides is 2. The molecule has 2 unspecified atom stereocenters. The van der Waals surface area contributed by atoms with Crippen molar-refractivity contribution in [1.29, 1.82) is 0 Å². The largest absolute Gasteiger partial charge is 0.343 e. The number of piperazine rings is 1. The molecule has 0 bridgehead atoms. The van der Waals surface area contributed by atoms with Gasteiger partial charge in [0.05, 0.1) is 12.2 Å². The lowest BCUT2D eigenvalue weighted by molar-refractivity contribution is -0.157. The third kappa shape index (κ3) is 2.22. The third-order valence-electron chi connectivity index (χ3n) is 3.85. The summed E-state index contributed by atoms with van der Waals surface area (Å²) in [6, 6.07) is 1.39. The van der Waals surface area contributed by atoms with Gasteiger partial charge in [-0.05, 0) is 26.3 Å². The van der Waals surface area contributed by atoms with Crippen molar-refractivity contribution >= 4 is 11.8 Å². The lowest BCUT2D eigenvalue weighted by Crippen LogP contribution is -2.68. The molecule has 0 spiro atoms. The van der Waals surface area contributed by atoms with Crippen LogP contribution in [0.1, 0.15) is 32.9 Å². The van der Waals surface area contributed by atoms with Gasteiger partial charge < -0.3 is 10.2 Å². The summed E-state index contributed by atoms with van der Waals surface area (Å²) in [4.78, 5) is 26.1. The molecular formula is C13H20N4O2. The summed E-state index contributed by atoms with van der Waals surface area (Å²) >= 11 is 0. The van der Waals surface area contributed by atoms with Crippen molar-refractivity contribution in [3.63, 3.8) is 0 Å². The van der Waals surface area contributed by atoms with Gasteiger partial charge in [0.1, 0.15) is 11.6 Å². The zero-order valence-corrected chi connectivity index (χ0v) is 11.8. The van der Waals surface area contributed by atoms with Gasteiger partial charge in [0, 0.05) is 13.2 Å². The smallest absolute Gasteiger partial charge is 0.246 e. The molecular weight excluding hydrogens is 244 g/mol. The van der Waals surface area contributed by atoms with E-state index in [2.05, 4.69) is 10.4 Å². The molecule has 1 aliphatic rings. The lowest BCUT2D eigenvalue weighted by atomic mass is 9.90.